The van der Waals surface area contributed by atoms with Crippen LogP contribution >= 0.6 is 0 Å². The third-order valence-corrected chi connectivity index (χ3v) is 2.50. The monoisotopic (exact) mass is 263 g/mol. The van der Waals surface area contributed by atoms with Gasteiger partial charge in [0.2, 0.25) is 5.91 Å². The van der Waals surface area contributed by atoms with E-state index in [1.807, 2.05) is 11.9 Å². The van der Waals surface area contributed by atoms with E-state index in [1.165, 1.54) is 6.07 Å². The molecule has 1 rings (SSSR count). The molecule has 1 aromatic carbocycles. The van der Waals surface area contributed by atoms with Crippen LogP contribution < -0.4 is 11.1 Å². The summed E-state index contributed by atoms with van der Waals surface area (Å²) < 4.78 is 13.5. The summed E-state index contributed by atoms with van der Waals surface area (Å²) in [4.78, 5) is 13.1. The molecule has 0 spiro atoms. The van der Waals surface area contributed by atoms with Crippen LogP contribution in [0.15, 0.2) is 18.2 Å². The Kier molecular flexibility index (Phi) is 6.00. The molecule has 4 nitrogen and oxygen atoms in total. The van der Waals surface area contributed by atoms with E-state index >= 15 is 0 Å². The largest absolute Gasteiger partial charge is 0.358 e. The molecule has 0 heterocycles. The summed E-state index contributed by atoms with van der Waals surface area (Å²) in [6.45, 7) is 1.03. The maximum atomic E-state index is 13.5. The number of likely N-dealkylation sites (N-methyl/N-ethyl adjacent to an activating group) is 2. The van der Waals surface area contributed by atoms with Gasteiger partial charge < -0.3 is 11.1 Å². The number of nitrogens with two attached hydrogens (primary N) is 1. The Balaban J connectivity index is 2.76. The number of carbonyl (C=O) groups excluding carboxylic acids is 1. The summed E-state index contributed by atoms with van der Waals surface area (Å²) in [6, 6.07) is 4.74. The maximum absolute atomic E-state index is 13.5. The van der Waals surface area contributed by atoms with Gasteiger partial charge in [-0.05, 0) is 24.7 Å². The van der Waals surface area contributed by atoms with Crippen LogP contribution in [0.1, 0.15) is 11.1 Å². The van der Waals surface area contributed by atoms with E-state index in [-0.39, 0.29) is 24.8 Å². The summed E-state index contributed by atoms with van der Waals surface area (Å²) in [5.74, 6) is 4.89. The first kappa shape index (κ1) is 15.2. The smallest absolute Gasteiger partial charge is 0.233 e. The average molecular weight is 263 g/mol. The number of hydrogen-bond donors (Lipinski definition) is 2. The third-order valence-electron chi connectivity index (χ3n) is 2.50. The highest BCUT2D eigenvalue weighted by Crippen LogP contribution is 2.11. The van der Waals surface area contributed by atoms with E-state index < -0.39 is 0 Å². The Bertz CT molecular complexity index is 505. The molecule has 0 bridgehead atoms. The summed E-state index contributed by atoms with van der Waals surface area (Å²) in [5, 5.41) is 2.55. The van der Waals surface area contributed by atoms with Crippen molar-refractivity contribution in [3.05, 3.63) is 35.1 Å². The van der Waals surface area contributed by atoms with Crippen LogP contribution in [0.4, 0.5) is 4.39 Å². The van der Waals surface area contributed by atoms with Gasteiger partial charge in [-0.15, -0.1) is 0 Å². The molecule has 1 amide bonds. The number of benzene rings is 1. The molecule has 3 N–H and O–H groups in total. The van der Waals surface area contributed by atoms with Gasteiger partial charge in [0.15, 0.2) is 0 Å². The van der Waals surface area contributed by atoms with Crippen LogP contribution in [0.3, 0.4) is 0 Å². The SMILES string of the molecule is CNC(=O)CN(C)Cc1ccc(F)c(C#CCN)c1. The van der Waals surface area contributed by atoms with Crippen molar-refractivity contribution in [2.45, 2.75) is 6.54 Å². The summed E-state index contributed by atoms with van der Waals surface area (Å²) in [7, 11) is 3.42. The van der Waals surface area contributed by atoms with Crippen molar-refractivity contribution >= 4 is 5.91 Å². The zero-order valence-electron chi connectivity index (χ0n) is 11.2. The lowest BCUT2D eigenvalue weighted by molar-refractivity contribution is -0.121. The molecule has 0 fully saturated rings. The van der Waals surface area contributed by atoms with E-state index in [0.717, 1.165) is 5.56 Å². The lowest BCUT2D eigenvalue weighted by atomic mass is 10.1. The first-order chi connectivity index (χ1) is 9.06. The maximum Gasteiger partial charge on any atom is 0.233 e. The lowest BCUT2D eigenvalue weighted by Gasteiger charge is -2.15. The Morgan fingerprint density at radius 1 is 1.53 bits per heavy atom. The molecule has 0 aliphatic heterocycles. The molecule has 0 aromatic heterocycles. The van der Waals surface area contributed by atoms with E-state index in [9.17, 15) is 9.18 Å². The van der Waals surface area contributed by atoms with Gasteiger partial charge in [0.25, 0.3) is 0 Å². The lowest BCUT2D eigenvalue weighted by Crippen LogP contribution is -2.32. The van der Waals surface area contributed by atoms with Crippen LogP contribution in [0.5, 0.6) is 0 Å². The van der Waals surface area contributed by atoms with Crippen molar-refractivity contribution < 1.29 is 9.18 Å². The minimum Gasteiger partial charge on any atom is -0.358 e. The minimum atomic E-state index is -0.362. The Labute approximate surface area is 112 Å². The summed E-state index contributed by atoms with van der Waals surface area (Å²) in [5.41, 5.74) is 6.49. The van der Waals surface area contributed by atoms with E-state index in [2.05, 4.69) is 17.2 Å². The fraction of sp³-hybridized carbons (Fsp3) is 0.357. The standard InChI is InChI=1S/C14H18FN3O/c1-17-14(19)10-18(2)9-11-5-6-13(15)12(8-11)4-3-7-16/h5-6,8H,7,9-10,16H2,1-2H3,(H,17,19). The zero-order chi connectivity index (χ0) is 14.3. The molecule has 0 saturated carbocycles. The van der Waals surface area contributed by atoms with E-state index in [4.69, 9.17) is 5.73 Å². The predicted molar refractivity (Wildman–Crippen MR) is 72.7 cm³/mol. The highest BCUT2D eigenvalue weighted by molar-refractivity contribution is 5.77. The second-order valence-electron chi connectivity index (χ2n) is 4.17. The van der Waals surface area contributed by atoms with Crippen molar-refractivity contribution in [2.24, 2.45) is 5.73 Å². The van der Waals surface area contributed by atoms with E-state index in [0.29, 0.717) is 12.1 Å². The van der Waals surface area contributed by atoms with Crippen LogP contribution in [-0.2, 0) is 11.3 Å². The van der Waals surface area contributed by atoms with Gasteiger partial charge >= 0.3 is 0 Å². The highest BCUT2D eigenvalue weighted by Gasteiger charge is 2.07. The van der Waals surface area contributed by atoms with Crippen molar-refractivity contribution in [2.75, 3.05) is 27.2 Å². The summed E-state index contributed by atoms with van der Waals surface area (Å²) >= 11 is 0. The van der Waals surface area contributed by atoms with Gasteiger partial charge in [0, 0.05) is 13.6 Å². The van der Waals surface area contributed by atoms with Gasteiger partial charge in [-0.2, -0.15) is 0 Å². The molecule has 0 aliphatic rings. The number of nitrogens with zero attached hydrogens (tertiary/aromatic N) is 1. The first-order valence-corrected chi connectivity index (χ1v) is 5.93. The number of hydrogen-bond acceptors (Lipinski definition) is 3. The van der Waals surface area contributed by atoms with Gasteiger partial charge in [0.05, 0.1) is 18.7 Å². The fourth-order valence-electron chi connectivity index (χ4n) is 1.60. The van der Waals surface area contributed by atoms with Crippen LogP contribution in [0.2, 0.25) is 0 Å². The minimum absolute atomic E-state index is 0.0623. The number of carbonyl (C=O) groups is 1. The van der Waals surface area contributed by atoms with Crippen molar-refractivity contribution in [3.63, 3.8) is 0 Å². The topological polar surface area (TPSA) is 58.4 Å². The second-order valence-corrected chi connectivity index (χ2v) is 4.17. The molecule has 0 saturated heterocycles. The molecule has 0 aliphatic carbocycles. The number of nitrogens with one attached hydrogen (secondary N) is 1. The van der Waals surface area contributed by atoms with Crippen molar-refractivity contribution in [3.8, 4) is 11.8 Å². The predicted octanol–water partition coefficient (Wildman–Crippen LogP) is 0.314. The second kappa shape index (κ2) is 7.52. The molecule has 0 radical (unpaired) electrons. The van der Waals surface area contributed by atoms with E-state index in [1.54, 1.807) is 19.2 Å². The van der Waals surface area contributed by atoms with Gasteiger partial charge in [0.1, 0.15) is 5.82 Å². The average Bonchev–Trinajstić information content (AvgIpc) is 2.39. The van der Waals surface area contributed by atoms with Crippen LogP contribution in [0.25, 0.3) is 0 Å². The van der Waals surface area contributed by atoms with Gasteiger partial charge in [-0.3, -0.25) is 9.69 Å². The van der Waals surface area contributed by atoms with Gasteiger partial charge in [-0.25, -0.2) is 4.39 Å². The number of amides is 1. The van der Waals surface area contributed by atoms with Crippen LogP contribution in [0, 0.1) is 17.7 Å². The number of halogens is 1. The first-order valence-electron chi connectivity index (χ1n) is 5.93. The fourth-order valence-corrected chi connectivity index (χ4v) is 1.60. The zero-order valence-corrected chi connectivity index (χ0v) is 11.2. The molecule has 19 heavy (non-hydrogen) atoms. The third kappa shape index (κ3) is 5.08. The Morgan fingerprint density at radius 3 is 2.89 bits per heavy atom. The molecular formula is C14H18FN3O. The summed E-state index contributed by atoms with van der Waals surface area (Å²) in [6.07, 6.45) is 0. The molecule has 1 aromatic rings. The molecule has 0 unspecified atom stereocenters. The highest BCUT2D eigenvalue weighted by atomic mass is 19.1. The van der Waals surface area contributed by atoms with Crippen molar-refractivity contribution in [1.29, 1.82) is 0 Å². The van der Waals surface area contributed by atoms with Crippen LogP contribution in [-0.4, -0.2) is 38.0 Å². The molecule has 0 atom stereocenters. The Morgan fingerprint density at radius 2 is 2.26 bits per heavy atom. The van der Waals surface area contributed by atoms with Crippen molar-refractivity contribution in [1.82, 2.24) is 10.2 Å². The molecule has 102 valence electrons. The molecular weight excluding hydrogens is 245 g/mol. The quantitative estimate of drug-likeness (QED) is 0.769. The van der Waals surface area contributed by atoms with Gasteiger partial charge in [-0.1, -0.05) is 17.9 Å². The normalized spacial score (nSPS) is 9.95. The Hall–Kier alpha value is -1.90. The number of rotatable bonds is 4. The molecule has 5 heteroatoms.